The molecule has 9 nitrogen and oxygen atoms in total. The number of fused-ring (bicyclic) bond motifs is 1. The number of nitrogens with zero attached hydrogens (tertiary/aromatic N) is 2. The minimum atomic E-state index is -1.21. The lowest BCUT2D eigenvalue weighted by molar-refractivity contribution is -0.130. The van der Waals surface area contributed by atoms with Crippen molar-refractivity contribution < 1.29 is 29.4 Å². The smallest absolute Gasteiger partial charge is 0.337 e. The molecule has 1 saturated heterocycles. The molecule has 2 amide bonds. The second-order valence-corrected chi connectivity index (χ2v) is 7.40. The van der Waals surface area contributed by atoms with Gasteiger partial charge in [0.25, 0.3) is 5.91 Å². The van der Waals surface area contributed by atoms with E-state index >= 15 is 0 Å². The summed E-state index contributed by atoms with van der Waals surface area (Å²) in [6.45, 7) is 0.0226. The van der Waals surface area contributed by atoms with Gasteiger partial charge < -0.3 is 15.5 Å². The van der Waals surface area contributed by atoms with Gasteiger partial charge in [-0.2, -0.15) is 0 Å². The molecule has 32 heavy (non-hydrogen) atoms. The Bertz CT molecular complexity index is 1200. The average molecular weight is 433 g/mol. The van der Waals surface area contributed by atoms with Crippen LogP contribution in [0.15, 0.2) is 53.9 Å². The minimum Gasteiger partial charge on any atom is -0.478 e. The second-order valence-electron chi connectivity index (χ2n) is 7.40. The van der Waals surface area contributed by atoms with E-state index in [1.165, 1.54) is 35.2 Å². The van der Waals surface area contributed by atoms with Crippen LogP contribution in [0.25, 0.3) is 17.3 Å². The molecule has 162 valence electrons. The molecule has 0 atom stereocenters. The normalized spacial score (nSPS) is 17.3. The third kappa shape index (κ3) is 4.13. The number of benzene rings is 1. The number of allylic oxidation sites excluding steroid dienone is 1. The minimum absolute atomic E-state index is 0.0226. The van der Waals surface area contributed by atoms with Crippen molar-refractivity contribution in [2.24, 2.45) is 0 Å². The molecule has 1 aromatic heterocycles. The summed E-state index contributed by atoms with van der Waals surface area (Å²) < 4.78 is 0. The quantitative estimate of drug-likeness (QED) is 0.630. The van der Waals surface area contributed by atoms with Crippen molar-refractivity contribution in [3.05, 3.63) is 70.7 Å². The summed E-state index contributed by atoms with van der Waals surface area (Å²) in [5, 5.41) is 21.3. The Morgan fingerprint density at radius 2 is 1.78 bits per heavy atom. The van der Waals surface area contributed by atoms with Crippen molar-refractivity contribution in [1.29, 1.82) is 0 Å². The molecule has 0 radical (unpaired) electrons. The molecule has 3 heterocycles. The number of rotatable bonds is 4. The predicted molar refractivity (Wildman–Crippen MR) is 113 cm³/mol. The summed E-state index contributed by atoms with van der Waals surface area (Å²) in [7, 11) is 0. The second kappa shape index (κ2) is 8.46. The van der Waals surface area contributed by atoms with Gasteiger partial charge in [0, 0.05) is 17.6 Å². The van der Waals surface area contributed by atoms with Gasteiger partial charge in [-0.05, 0) is 49.3 Å². The number of hydrogen-bond acceptors (Lipinski definition) is 5. The first-order valence-electron chi connectivity index (χ1n) is 9.94. The molecule has 0 saturated carbocycles. The Morgan fingerprint density at radius 1 is 1.03 bits per heavy atom. The van der Waals surface area contributed by atoms with E-state index in [-0.39, 0.29) is 34.8 Å². The third-order valence-corrected chi connectivity index (χ3v) is 5.28. The van der Waals surface area contributed by atoms with Gasteiger partial charge in [0.05, 0.1) is 29.1 Å². The van der Waals surface area contributed by atoms with Gasteiger partial charge in [0.15, 0.2) is 0 Å². The SMILES string of the molecule is O=C1NC2=CCCCC(=O)N2C/C1=C/c1nc(-c2ccc(C(=O)O)cc2)ccc1C(=O)O. The molecule has 1 aromatic carbocycles. The molecule has 0 unspecified atom stereocenters. The predicted octanol–water partition coefficient (Wildman–Crippen LogP) is 2.51. The maximum atomic E-state index is 12.6. The zero-order valence-electron chi connectivity index (χ0n) is 16.9. The van der Waals surface area contributed by atoms with Crippen LogP contribution in [-0.2, 0) is 9.59 Å². The highest BCUT2D eigenvalue weighted by Gasteiger charge is 2.30. The summed E-state index contributed by atoms with van der Waals surface area (Å²) in [5.74, 6) is -2.35. The zero-order chi connectivity index (χ0) is 22.8. The fourth-order valence-corrected chi connectivity index (χ4v) is 3.59. The van der Waals surface area contributed by atoms with Crippen molar-refractivity contribution in [2.45, 2.75) is 19.3 Å². The third-order valence-electron chi connectivity index (χ3n) is 5.28. The van der Waals surface area contributed by atoms with Crippen molar-refractivity contribution in [2.75, 3.05) is 6.54 Å². The van der Waals surface area contributed by atoms with Gasteiger partial charge in [0.1, 0.15) is 5.82 Å². The van der Waals surface area contributed by atoms with E-state index in [2.05, 4.69) is 10.3 Å². The standard InChI is InChI=1S/C23H19N3O6/c27-20-4-2-1-3-19-25-21(28)15(12-26(19)20)11-18-16(23(31)32)9-10-17(24-18)13-5-7-14(8-6-13)22(29)30/h3,5-11H,1-2,4,12H2,(H,25,28)(H,29,30)(H,31,32)/b15-11-. The number of carboxylic acids is 2. The number of pyridine rings is 1. The molecule has 2 aromatic rings. The Morgan fingerprint density at radius 3 is 2.47 bits per heavy atom. The van der Waals surface area contributed by atoms with E-state index in [1.54, 1.807) is 12.1 Å². The van der Waals surface area contributed by atoms with Gasteiger partial charge in [-0.15, -0.1) is 0 Å². The van der Waals surface area contributed by atoms with Crippen LogP contribution < -0.4 is 5.32 Å². The lowest BCUT2D eigenvalue weighted by atomic mass is 10.0. The van der Waals surface area contributed by atoms with Crippen molar-refractivity contribution in [3.63, 3.8) is 0 Å². The largest absolute Gasteiger partial charge is 0.478 e. The van der Waals surface area contributed by atoms with Crippen molar-refractivity contribution >= 4 is 29.8 Å². The number of nitrogens with one attached hydrogen (secondary N) is 1. The lowest BCUT2D eigenvalue weighted by Crippen LogP contribution is -2.46. The molecule has 2 aliphatic rings. The van der Waals surface area contributed by atoms with Crippen LogP contribution in [0.4, 0.5) is 0 Å². The molecule has 0 aliphatic carbocycles. The van der Waals surface area contributed by atoms with E-state index in [4.69, 9.17) is 5.11 Å². The summed E-state index contributed by atoms with van der Waals surface area (Å²) >= 11 is 0. The number of carboxylic acid groups (broad SMARTS) is 2. The van der Waals surface area contributed by atoms with Crippen molar-refractivity contribution in [3.8, 4) is 11.3 Å². The molecule has 0 spiro atoms. The molecular weight excluding hydrogens is 414 g/mol. The Balaban J connectivity index is 1.73. The van der Waals surface area contributed by atoms with Crippen LogP contribution in [0, 0.1) is 0 Å². The number of carbonyl (C=O) groups is 4. The summed E-state index contributed by atoms with van der Waals surface area (Å²) in [6.07, 6.45) is 4.93. The first kappa shape index (κ1) is 21.0. The average Bonchev–Trinajstić information content (AvgIpc) is 2.95. The summed E-state index contributed by atoms with van der Waals surface area (Å²) in [5.41, 5.74) is 1.31. The first-order chi connectivity index (χ1) is 15.3. The van der Waals surface area contributed by atoms with Crippen LogP contribution >= 0.6 is 0 Å². The molecule has 1 fully saturated rings. The molecule has 0 bridgehead atoms. The fraction of sp³-hybridized carbons (Fsp3) is 0.174. The first-order valence-corrected chi connectivity index (χ1v) is 9.94. The van der Waals surface area contributed by atoms with E-state index in [0.29, 0.717) is 36.3 Å². The number of amides is 2. The van der Waals surface area contributed by atoms with Crippen LogP contribution in [-0.4, -0.2) is 50.4 Å². The highest BCUT2D eigenvalue weighted by Crippen LogP contribution is 2.25. The number of carbonyl (C=O) groups excluding carboxylic acids is 2. The molecule has 3 N–H and O–H groups in total. The maximum Gasteiger partial charge on any atom is 0.337 e. The maximum absolute atomic E-state index is 12.6. The van der Waals surface area contributed by atoms with Crippen LogP contribution in [0.5, 0.6) is 0 Å². The van der Waals surface area contributed by atoms with Crippen LogP contribution in [0.2, 0.25) is 0 Å². The Labute approximate surface area is 182 Å². The summed E-state index contributed by atoms with van der Waals surface area (Å²) in [4.78, 5) is 53.7. The molecule has 2 aliphatic heterocycles. The van der Waals surface area contributed by atoms with Crippen LogP contribution in [0.1, 0.15) is 45.7 Å². The van der Waals surface area contributed by atoms with Gasteiger partial charge in [-0.3, -0.25) is 14.5 Å². The monoisotopic (exact) mass is 433 g/mol. The van der Waals surface area contributed by atoms with E-state index in [0.717, 1.165) is 0 Å². The fourth-order valence-electron chi connectivity index (χ4n) is 3.59. The van der Waals surface area contributed by atoms with E-state index in [9.17, 15) is 24.3 Å². The number of aromatic carboxylic acids is 2. The number of hydrogen-bond donors (Lipinski definition) is 3. The highest BCUT2D eigenvalue weighted by atomic mass is 16.4. The molecule has 4 rings (SSSR count). The summed E-state index contributed by atoms with van der Waals surface area (Å²) in [6, 6.07) is 8.89. The topological polar surface area (TPSA) is 137 Å². The Hall–Kier alpha value is -4.27. The van der Waals surface area contributed by atoms with Gasteiger partial charge >= 0.3 is 11.9 Å². The van der Waals surface area contributed by atoms with Crippen molar-refractivity contribution in [1.82, 2.24) is 15.2 Å². The number of aromatic nitrogens is 1. The Kier molecular flexibility index (Phi) is 5.55. The van der Waals surface area contributed by atoms with Gasteiger partial charge in [-0.1, -0.05) is 12.1 Å². The van der Waals surface area contributed by atoms with Crippen LogP contribution in [0.3, 0.4) is 0 Å². The van der Waals surface area contributed by atoms with Gasteiger partial charge in [-0.25, -0.2) is 14.6 Å². The zero-order valence-corrected chi connectivity index (χ0v) is 16.9. The van der Waals surface area contributed by atoms with Gasteiger partial charge in [0.2, 0.25) is 5.91 Å². The van der Waals surface area contributed by atoms with E-state index < -0.39 is 17.8 Å². The molecule has 9 heteroatoms. The van der Waals surface area contributed by atoms with E-state index in [1.807, 2.05) is 6.08 Å². The molecular formula is C23H19N3O6. The highest BCUT2D eigenvalue weighted by molar-refractivity contribution is 6.03. The lowest BCUT2D eigenvalue weighted by Gasteiger charge is -2.30.